The van der Waals surface area contributed by atoms with E-state index in [2.05, 4.69) is 15.3 Å². The van der Waals surface area contributed by atoms with Gasteiger partial charge in [-0.25, -0.2) is 18.6 Å². The molecule has 42 heavy (non-hydrogen) atoms. The summed E-state index contributed by atoms with van der Waals surface area (Å²) in [6.07, 6.45) is 4.76. The van der Waals surface area contributed by atoms with Gasteiger partial charge in [0.2, 0.25) is 0 Å². The van der Waals surface area contributed by atoms with E-state index in [1.54, 1.807) is 48.7 Å². The van der Waals surface area contributed by atoms with E-state index in [1.165, 1.54) is 36.0 Å². The van der Waals surface area contributed by atoms with Crippen molar-refractivity contribution in [1.82, 2.24) is 15.3 Å². The van der Waals surface area contributed by atoms with Crippen molar-refractivity contribution in [2.24, 2.45) is 0 Å². The first-order chi connectivity index (χ1) is 20.2. The number of carbonyl (C=O) groups is 2. The van der Waals surface area contributed by atoms with Crippen molar-refractivity contribution in [3.63, 3.8) is 0 Å². The molecule has 0 aliphatic rings. The average Bonchev–Trinajstić information content (AvgIpc) is 3.39. The molecular weight excluding hydrogens is 560 g/mol. The summed E-state index contributed by atoms with van der Waals surface area (Å²) in [5.74, 6) is -0.604. The number of thioether (sulfide) groups is 1. The second kappa shape index (κ2) is 14.6. The van der Waals surface area contributed by atoms with Crippen molar-refractivity contribution in [2.75, 3.05) is 12.0 Å². The van der Waals surface area contributed by atoms with Gasteiger partial charge < -0.3 is 20.1 Å². The third-order valence-electron chi connectivity index (χ3n) is 6.82. The summed E-state index contributed by atoms with van der Waals surface area (Å²) in [7, 11) is 0. The van der Waals surface area contributed by atoms with Crippen molar-refractivity contribution in [2.45, 2.75) is 44.8 Å². The molecule has 0 saturated heterocycles. The number of aromatic nitrogens is 2. The maximum atomic E-state index is 13.7. The van der Waals surface area contributed by atoms with Crippen molar-refractivity contribution >= 4 is 23.6 Å². The second-order valence-corrected chi connectivity index (χ2v) is 10.9. The topological polar surface area (TPSA) is 104 Å². The molecular formula is C32H33F2N3O4S. The fourth-order valence-corrected chi connectivity index (χ4v) is 5.03. The van der Waals surface area contributed by atoms with Crippen LogP contribution in [-0.4, -0.2) is 45.0 Å². The Kier molecular flexibility index (Phi) is 10.7. The van der Waals surface area contributed by atoms with Crippen LogP contribution in [0, 0.1) is 18.6 Å². The number of aliphatic carboxylic acids is 1. The quantitative estimate of drug-likeness (QED) is 0.164. The number of nitrogens with one attached hydrogen (secondary N) is 2. The van der Waals surface area contributed by atoms with E-state index in [1.807, 2.05) is 13.2 Å². The Labute approximate surface area is 247 Å². The number of hydrogen-bond donors (Lipinski definition) is 3. The summed E-state index contributed by atoms with van der Waals surface area (Å²) in [4.78, 5) is 32.8. The third-order valence-corrected chi connectivity index (χ3v) is 7.46. The highest BCUT2D eigenvalue weighted by Crippen LogP contribution is 2.28. The van der Waals surface area contributed by atoms with Crippen LogP contribution in [0.25, 0.3) is 0 Å². The van der Waals surface area contributed by atoms with E-state index < -0.39 is 24.0 Å². The summed E-state index contributed by atoms with van der Waals surface area (Å²) in [5, 5.41) is 12.3. The molecule has 0 bridgehead atoms. The lowest BCUT2D eigenvalue weighted by Gasteiger charge is -2.21. The number of H-pyrrole nitrogens is 1. The van der Waals surface area contributed by atoms with E-state index in [-0.39, 0.29) is 18.1 Å². The smallest absolute Gasteiger partial charge is 0.326 e. The molecule has 1 heterocycles. The molecule has 4 rings (SSSR count). The molecule has 3 N–H and O–H groups in total. The second-order valence-electron chi connectivity index (χ2n) is 9.95. The Morgan fingerprint density at radius 3 is 2.33 bits per heavy atom. The first-order valence-electron chi connectivity index (χ1n) is 13.5. The van der Waals surface area contributed by atoms with Gasteiger partial charge in [0, 0.05) is 23.9 Å². The Balaban J connectivity index is 1.64. The predicted molar refractivity (Wildman–Crippen MR) is 159 cm³/mol. The van der Waals surface area contributed by atoms with Gasteiger partial charge in [0.1, 0.15) is 35.4 Å². The fourth-order valence-electron chi connectivity index (χ4n) is 4.56. The lowest BCUT2D eigenvalue weighted by atomic mass is 9.98. The molecule has 1 aromatic heterocycles. The lowest BCUT2D eigenvalue weighted by Crippen LogP contribution is -2.41. The molecule has 0 radical (unpaired) electrons. The number of imidazole rings is 1. The highest BCUT2D eigenvalue weighted by molar-refractivity contribution is 7.98. The van der Waals surface area contributed by atoms with Gasteiger partial charge in [0.15, 0.2) is 0 Å². The summed E-state index contributed by atoms with van der Waals surface area (Å²) in [6.45, 7) is 1.84. The van der Waals surface area contributed by atoms with Gasteiger partial charge in [-0.15, -0.1) is 0 Å². The molecule has 2 atom stereocenters. The molecule has 4 aromatic rings. The highest BCUT2D eigenvalue weighted by atomic mass is 32.2. The van der Waals surface area contributed by atoms with Gasteiger partial charge >= 0.3 is 5.97 Å². The molecule has 220 valence electrons. The monoisotopic (exact) mass is 593 g/mol. The molecule has 0 aliphatic carbocycles. The van der Waals surface area contributed by atoms with Gasteiger partial charge in [-0.1, -0.05) is 30.3 Å². The van der Waals surface area contributed by atoms with Crippen molar-refractivity contribution in [3.8, 4) is 5.75 Å². The Morgan fingerprint density at radius 2 is 1.71 bits per heavy atom. The number of nitrogens with zero attached hydrogens (tertiary/aromatic N) is 1. The number of benzene rings is 3. The van der Waals surface area contributed by atoms with Crippen molar-refractivity contribution in [3.05, 3.63) is 118 Å². The van der Waals surface area contributed by atoms with E-state index in [0.29, 0.717) is 41.9 Å². The number of carboxylic acids is 1. The number of amides is 1. The molecule has 10 heteroatoms. The fraction of sp³-hybridized carbons (Fsp3) is 0.281. The van der Waals surface area contributed by atoms with Gasteiger partial charge in [-0.2, -0.15) is 11.8 Å². The van der Waals surface area contributed by atoms with Crippen molar-refractivity contribution in [1.29, 1.82) is 0 Å². The van der Waals surface area contributed by atoms with Crippen LogP contribution in [0.15, 0.2) is 72.9 Å². The number of halogens is 2. The largest absolute Gasteiger partial charge is 0.485 e. The molecule has 1 amide bonds. The number of carbonyl (C=O) groups excluding carboxylic acids is 1. The van der Waals surface area contributed by atoms with Crippen LogP contribution in [0.2, 0.25) is 0 Å². The van der Waals surface area contributed by atoms with E-state index >= 15 is 0 Å². The maximum Gasteiger partial charge on any atom is 0.326 e. The summed E-state index contributed by atoms with van der Waals surface area (Å²) < 4.78 is 33.4. The Bertz CT molecular complexity index is 1490. The third kappa shape index (κ3) is 8.66. The predicted octanol–water partition coefficient (Wildman–Crippen LogP) is 6.08. The van der Waals surface area contributed by atoms with Gasteiger partial charge in [-0.05, 0) is 91.3 Å². The zero-order valence-corrected chi connectivity index (χ0v) is 24.2. The lowest BCUT2D eigenvalue weighted by molar-refractivity contribution is -0.139. The maximum absolute atomic E-state index is 13.7. The Hall–Kier alpha value is -4.18. The van der Waals surface area contributed by atoms with E-state index in [4.69, 9.17) is 4.74 Å². The Morgan fingerprint density at radius 1 is 1.02 bits per heavy atom. The number of hydrogen-bond acceptors (Lipinski definition) is 5. The highest BCUT2D eigenvalue weighted by Gasteiger charge is 2.23. The number of carboxylic acid groups (broad SMARTS) is 1. The number of aromatic amines is 1. The van der Waals surface area contributed by atoms with Crippen LogP contribution in [0.1, 0.15) is 51.1 Å². The summed E-state index contributed by atoms with van der Waals surface area (Å²) in [6, 6.07) is 16.3. The number of aryl methyl sites for hydroxylation is 3. The zero-order valence-electron chi connectivity index (χ0n) is 23.4. The van der Waals surface area contributed by atoms with Crippen molar-refractivity contribution < 1.29 is 28.2 Å². The minimum Gasteiger partial charge on any atom is -0.485 e. The van der Waals surface area contributed by atoms with Gasteiger partial charge in [0.25, 0.3) is 5.91 Å². The summed E-state index contributed by atoms with van der Waals surface area (Å²) in [5.41, 5.74) is 3.45. The van der Waals surface area contributed by atoms with Crippen LogP contribution in [0.5, 0.6) is 5.75 Å². The number of ether oxygens (including phenoxy) is 1. The first-order valence-corrected chi connectivity index (χ1v) is 14.9. The molecule has 0 spiro atoms. The average molecular weight is 594 g/mol. The van der Waals surface area contributed by atoms with Crippen LogP contribution in [0.3, 0.4) is 0 Å². The van der Waals surface area contributed by atoms with E-state index in [0.717, 1.165) is 22.6 Å². The number of rotatable bonds is 14. The molecule has 0 saturated carbocycles. The van der Waals surface area contributed by atoms with Gasteiger partial charge in [0.05, 0.1) is 0 Å². The van der Waals surface area contributed by atoms with E-state index in [9.17, 15) is 23.5 Å². The van der Waals surface area contributed by atoms with Crippen LogP contribution in [-0.2, 0) is 24.1 Å². The minimum absolute atomic E-state index is 0.277. The minimum atomic E-state index is -1.11. The van der Waals surface area contributed by atoms with Gasteiger partial charge in [-0.3, -0.25) is 4.79 Å². The molecule has 1 unspecified atom stereocenters. The summed E-state index contributed by atoms with van der Waals surface area (Å²) >= 11 is 1.50. The van der Waals surface area contributed by atoms with Crippen LogP contribution >= 0.6 is 11.8 Å². The molecule has 3 aromatic carbocycles. The standard InChI is InChI=1S/C32H33F2N3O4S/c1-20-35-19-26(36-20)17-30(23-7-12-25(34)13-8-23)41-27-14-9-22(6-3-21-4-10-24(33)11-5-21)28(18-27)31(38)37-29(32(39)40)15-16-42-2/h4-5,7-14,18-19,29-30H,3,6,15-17H2,1-2H3,(H,35,36)(H,37,38)(H,39,40)/t29-,30?/m0/s1. The SMILES string of the molecule is CSCC[C@H](NC(=O)c1cc(OC(Cc2cnc(C)[nH]2)c2ccc(F)cc2)ccc1CCc1ccc(F)cc1)C(=O)O. The molecule has 0 fully saturated rings. The molecule has 0 aliphatic heterocycles. The zero-order chi connectivity index (χ0) is 30.1. The van der Waals surface area contributed by atoms with Crippen LogP contribution in [0.4, 0.5) is 8.78 Å². The van der Waals surface area contributed by atoms with Crippen LogP contribution < -0.4 is 10.1 Å². The first kappa shape index (κ1) is 30.8. The molecule has 7 nitrogen and oxygen atoms in total. The normalized spacial score (nSPS) is 12.5.